The maximum absolute atomic E-state index is 12.8. The second-order valence-electron chi connectivity index (χ2n) is 8.09. The Morgan fingerprint density at radius 1 is 1.14 bits per heavy atom. The molecule has 0 unspecified atom stereocenters. The Hall–Kier alpha value is -3.85. The van der Waals surface area contributed by atoms with Crippen molar-refractivity contribution in [1.29, 1.82) is 5.41 Å². The van der Waals surface area contributed by atoms with Gasteiger partial charge in [-0.1, -0.05) is 31.2 Å². The second-order valence-corrected chi connectivity index (χ2v) is 9.13. The number of thioether (sulfide) groups is 1. The highest BCUT2D eigenvalue weighted by Gasteiger charge is 2.35. The van der Waals surface area contributed by atoms with Crippen molar-refractivity contribution in [3.05, 3.63) is 65.9 Å². The fourth-order valence-corrected chi connectivity index (χ4v) is 5.02. The van der Waals surface area contributed by atoms with Gasteiger partial charge in [-0.3, -0.25) is 10.2 Å². The van der Waals surface area contributed by atoms with Crippen LogP contribution in [0.2, 0.25) is 0 Å². The molecule has 0 atom stereocenters. The summed E-state index contributed by atoms with van der Waals surface area (Å²) in [5.74, 6) is 1.12. The van der Waals surface area contributed by atoms with Crippen LogP contribution in [-0.4, -0.2) is 45.2 Å². The summed E-state index contributed by atoms with van der Waals surface area (Å²) < 4.78 is 13.3. The van der Waals surface area contributed by atoms with Crippen LogP contribution in [0.5, 0.6) is 11.5 Å². The average Bonchev–Trinajstić information content (AvgIpc) is 3.43. The number of methoxy groups -OCH3 is 1. The van der Waals surface area contributed by atoms with Crippen molar-refractivity contribution in [2.24, 2.45) is 10.1 Å². The first-order valence-electron chi connectivity index (χ1n) is 11.4. The van der Waals surface area contributed by atoms with Crippen molar-refractivity contribution in [2.75, 3.05) is 13.7 Å². The Balaban J connectivity index is 1.40. The maximum Gasteiger partial charge on any atom is 0.283 e. The zero-order valence-corrected chi connectivity index (χ0v) is 20.3. The van der Waals surface area contributed by atoms with E-state index in [1.54, 1.807) is 13.2 Å². The van der Waals surface area contributed by atoms with Crippen molar-refractivity contribution in [1.82, 2.24) is 9.58 Å². The van der Waals surface area contributed by atoms with E-state index in [9.17, 15) is 4.79 Å². The summed E-state index contributed by atoms with van der Waals surface area (Å²) in [6, 6.07) is 15.5. The van der Waals surface area contributed by atoms with Crippen molar-refractivity contribution >= 4 is 50.7 Å². The third kappa shape index (κ3) is 4.59. The molecule has 178 valence electrons. The highest BCUT2D eigenvalue weighted by Crippen LogP contribution is 2.31. The number of nitrogens with one attached hydrogen (secondary N) is 1. The summed E-state index contributed by atoms with van der Waals surface area (Å²) in [5, 5.41) is 16.9. The van der Waals surface area contributed by atoms with E-state index < -0.39 is 5.91 Å². The summed E-state index contributed by atoms with van der Waals surface area (Å²) in [5.41, 5.74) is 2.09. The minimum Gasteiger partial charge on any atom is -0.497 e. The lowest BCUT2D eigenvalue weighted by molar-refractivity contribution is -0.114. The molecular formula is C26H25N5O3S. The number of para-hydroxylation sites is 1. The van der Waals surface area contributed by atoms with E-state index in [0.29, 0.717) is 18.3 Å². The quantitative estimate of drug-likeness (QED) is 0.444. The summed E-state index contributed by atoms with van der Waals surface area (Å²) >= 11 is 1.36. The number of ether oxygens (including phenoxy) is 2. The van der Waals surface area contributed by atoms with Gasteiger partial charge in [-0.05, 0) is 48.9 Å². The highest BCUT2D eigenvalue weighted by molar-refractivity contribution is 8.26. The zero-order valence-electron chi connectivity index (χ0n) is 19.5. The predicted octanol–water partition coefficient (Wildman–Crippen LogP) is 5.15. The number of hydrogen-bond donors (Lipinski definition) is 1. The van der Waals surface area contributed by atoms with Gasteiger partial charge in [0.05, 0.1) is 19.2 Å². The van der Waals surface area contributed by atoms with Gasteiger partial charge < -0.3 is 14.0 Å². The molecular weight excluding hydrogens is 462 g/mol. The number of aromatic nitrogens is 1. The number of hydrogen-bond acceptors (Lipinski definition) is 6. The first-order chi connectivity index (χ1) is 17.1. The summed E-state index contributed by atoms with van der Waals surface area (Å²) in [7, 11) is 1.63. The number of rotatable bonds is 8. The van der Waals surface area contributed by atoms with Crippen LogP contribution in [0, 0.1) is 5.41 Å². The normalized spacial score (nSPS) is 16.5. The second kappa shape index (κ2) is 9.79. The molecule has 0 radical (unpaired) electrons. The molecule has 3 heterocycles. The van der Waals surface area contributed by atoms with E-state index in [-0.39, 0.29) is 11.4 Å². The molecule has 2 aromatic carbocycles. The van der Waals surface area contributed by atoms with E-state index in [2.05, 4.69) is 21.6 Å². The smallest absolute Gasteiger partial charge is 0.283 e. The van der Waals surface area contributed by atoms with Gasteiger partial charge in [0.15, 0.2) is 5.84 Å². The Labute approximate surface area is 207 Å². The molecule has 8 nitrogen and oxygen atoms in total. The molecule has 1 N–H and O–H groups in total. The zero-order chi connectivity index (χ0) is 24.4. The fraction of sp³-hybridized carbons (Fsp3) is 0.231. The number of nitrogens with zero attached hydrogens (tertiary/aromatic N) is 4. The average molecular weight is 488 g/mol. The lowest BCUT2D eigenvalue weighted by Crippen LogP contribution is -2.35. The standard InChI is InChI=1S/C26H25N5O3S/c1-3-7-23-29-31-24(27)21(25(32)28-26(31)35-23)14-17-16-30(22-11-5-4-10-20(17)22)12-13-34-19-9-6-8-18(15-19)33-2/h4-6,8-11,14-16,27H,3,7,12-13H2,1-2H3. The van der Waals surface area contributed by atoms with E-state index in [0.717, 1.165) is 45.9 Å². The summed E-state index contributed by atoms with van der Waals surface area (Å²) in [6.07, 6.45) is 5.46. The number of carbonyl (C=O) groups excluding carboxylic acids is 1. The van der Waals surface area contributed by atoms with Crippen LogP contribution in [0.3, 0.4) is 0 Å². The molecule has 5 rings (SSSR count). The first kappa shape index (κ1) is 22.9. The van der Waals surface area contributed by atoms with Gasteiger partial charge in [0.2, 0.25) is 5.17 Å². The SMILES string of the molecule is CCCC1=NN2C(=N)C(=Cc3cn(CCOc4cccc(OC)c4)c4ccccc34)C(=O)N=C2S1. The van der Waals surface area contributed by atoms with Crippen LogP contribution in [-0.2, 0) is 11.3 Å². The number of aliphatic imine (C=N–C) groups is 1. The van der Waals surface area contributed by atoms with E-state index in [1.807, 2.05) is 54.7 Å². The topological polar surface area (TPSA) is 92.3 Å². The lowest BCUT2D eigenvalue weighted by Gasteiger charge is -2.20. The van der Waals surface area contributed by atoms with Crippen LogP contribution in [0.25, 0.3) is 17.0 Å². The molecule has 0 aliphatic carbocycles. The van der Waals surface area contributed by atoms with E-state index in [1.165, 1.54) is 16.8 Å². The van der Waals surface area contributed by atoms with Gasteiger partial charge in [-0.15, -0.1) is 0 Å². The third-order valence-electron chi connectivity index (χ3n) is 5.72. The van der Waals surface area contributed by atoms with Crippen LogP contribution in [0.1, 0.15) is 25.3 Å². The molecule has 1 aromatic heterocycles. The molecule has 0 saturated heterocycles. The molecule has 0 fully saturated rings. The van der Waals surface area contributed by atoms with E-state index >= 15 is 0 Å². The molecule has 1 amide bonds. The number of fused-ring (bicyclic) bond motifs is 2. The number of amides is 1. The van der Waals surface area contributed by atoms with Gasteiger partial charge >= 0.3 is 0 Å². The van der Waals surface area contributed by atoms with Crippen molar-refractivity contribution in [3.63, 3.8) is 0 Å². The molecule has 9 heteroatoms. The third-order valence-corrected chi connectivity index (χ3v) is 6.69. The van der Waals surface area contributed by atoms with Gasteiger partial charge in [-0.25, -0.2) is 0 Å². The van der Waals surface area contributed by atoms with Crippen LogP contribution in [0.15, 0.2) is 70.4 Å². The summed E-state index contributed by atoms with van der Waals surface area (Å²) in [4.78, 5) is 17.0. The van der Waals surface area contributed by atoms with Gasteiger partial charge in [0.25, 0.3) is 5.91 Å². The highest BCUT2D eigenvalue weighted by atomic mass is 32.2. The number of hydrazone groups is 1. The van der Waals surface area contributed by atoms with Crippen LogP contribution < -0.4 is 9.47 Å². The fourth-order valence-electron chi connectivity index (χ4n) is 4.03. The number of carbonyl (C=O) groups is 1. The Kier molecular flexibility index (Phi) is 6.41. The lowest BCUT2D eigenvalue weighted by atomic mass is 10.1. The first-order valence-corrected chi connectivity index (χ1v) is 12.2. The van der Waals surface area contributed by atoms with Gasteiger partial charge in [0.1, 0.15) is 23.1 Å². The monoisotopic (exact) mass is 487 g/mol. The Bertz CT molecular complexity index is 1400. The molecule has 35 heavy (non-hydrogen) atoms. The predicted molar refractivity (Wildman–Crippen MR) is 140 cm³/mol. The number of amidine groups is 2. The molecule has 0 saturated carbocycles. The Morgan fingerprint density at radius 2 is 1.97 bits per heavy atom. The van der Waals surface area contributed by atoms with Crippen molar-refractivity contribution < 1.29 is 14.3 Å². The van der Waals surface area contributed by atoms with Crippen LogP contribution >= 0.6 is 11.8 Å². The van der Waals surface area contributed by atoms with Crippen LogP contribution in [0.4, 0.5) is 0 Å². The minimum atomic E-state index is -0.417. The Morgan fingerprint density at radius 3 is 2.80 bits per heavy atom. The maximum atomic E-state index is 12.8. The van der Waals surface area contributed by atoms with Crippen molar-refractivity contribution in [3.8, 4) is 11.5 Å². The van der Waals surface area contributed by atoms with E-state index in [4.69, 9.17) is 14.9 Å². The van der Waals surface area contributed by atoms with Gasteiger partial charge in [0, 0.05) is 28.7 Å². The largest absolute Gasteiger partial charge is 0.497 e. The number of benzene rings is 2. The van der Waals surface area contributed by atoms with Gasteiger partial charge in [-0.2, -0.15) is 15.1 Å². The molecule has 0 spiro atoms. The molecule has 2 aliphatic rings. The summed E-state index contributed by atoms with van der Waals surface area (Å²) in [6.45, 7) is 3.15. The molecule has 3 aromatic rings. The minimum absolute atomic E-state index is 0.0526. The van der Waals surface area contributed by atoms with Crippen molar-refractivity contribution in [2.45, 2.75) is 26.3 Å². The molecule has 0 bridgehead atoms. The molecule has 2 aliphatic heterocycles.